The van der Waals surface area contributed by atoms with Crippen molar-refractivity contribution in [2.24, 2.45) is 5.92 Å². The molecule has 1 aromatic carbocycles. The maximum Gasteiger partial charge on any atom is 0.328 e. The van der Waals surface area contributed by atoms with Crippen LogP contribution in [0.1, 0.15) is 95.1 Å². The highest BCUT2D eigenvalue weighted by atomic mass is 16.6. The standard InChI is InChI=1S/C82H143N13O28/c1-5-6-28-123-80-91-78(83)77-79(92-80)95(81(103)90-77)63-69-12-10-68(11-13-69)62-94-26-15-67(16-27-94)14-21-84-76(102)61-89-71(97)9-7-8-70(96)85-22-33-108-44-52-119-60-59-115-48-43-107-29-20-75(101)93-82(64-120-30-17-72(98)86-23-34-109-45-49-116-56-53-112-40-37-104-2,65-121-31-18-73(99)87-24-35-110-46-50-117-57-54-113-41-38-105-3)66-122-32-19-74(100)88-25-36-111-47-51-118-58-55-114-42-39-106-4/h10-13,67H,5-9,14-66H2,1-4H3,(H,84,102)(H,85,96)(H,86,98)(H,87,99)(H,88,100)(H,89,97)(H,90,103)(H,93,101)(H2,83,91,92). The Bertz CT molecular complexity index is 3150. The number of fused-ring (bicyclic) bond motifs is 1. The number of amides is 7. The Morgan fingerprint density at radius 2 is 0.756 bits per heavy atom. The van der Waals surface area contributed by atoms with Crippen molar-refractivity contribution in [2.45, 2.75) is 103 Å². The van der Waals surface area contributed by atoms with Crippen LogP contribution in [0.4, 0.5) is 5.82 Å². The zero-order valence-corrected chi connectivity index (χ0v) is 73.2. The summed E-state index contributed by atoms with van der Waals surface area (Å²) < 4.78 is 112. The van der Waals surface area contributed by atoms with Crippen LogP contribution in [0.3, 0.4) is 0 Å². The van der Waals surface area contributed by atoms with Crippen LogP contribution in [0, 0.1) is 5.92 Å². The van der Waals surface area contributed by atoms with Crippen LogP contribution in [0.15, 0.2) is 29.1 Å². The molecule has 0 radical (unpaired) electrons. The molecule has 1 saturated heterocycles. The largest absolute Gasteiger partial charge is 0.463 e. The number of carbonyl (C=O) groups is 7. The van der Waals surface area contributed by atoms with Gasteiger partial charge in [0.2, 0.25) is 41.4 Å². The maximum atomic E-state index is 13.8. The molecule has 7 amide bonds. The van der Waals surface area contributed by atoms with Crippen molar-refractivity contribution in [3.05, 3.63) is 45.9 Å². The highest BCUT2D eigenvalue weighted by molar-refractivity contribution is 5.85. The fourth-order valence-electron chi connectivity index (χ4n) is 11.6. The van der Waals surface area contributed by atoms with Crippen LogP contribution in [-0.2, 0) is 137 Å². The van der Waals surface area contributed by atoms with Gasteiger partial charge in [0.1, 0.15) is 11.1 Å². The topological polar surface area (TPSA) is 481 Å². The van der Waals surface area contributed by atoms with Crippen molar-refractivity contribution in [3.8, 4) is 6.01 Å². The quantitative estimate of drug-likeness (QED) is 0.0336. The number of aromatic amines is 1. The van der Waals surface area contributed by atoms with Gasteiger partial charge < -0.3 is 143 Å². The smallest absolute Gasteiger partial charge is 0.328 e. The third-order valence-electron chi connectivity index (χ3n) is 18.3. The Balaban J connectivity index is 1.08. The number of unbranched alkanes of at least 4 members (excludes halogenated alkanes) is 1. The molecule has 4 rings (SSSR count). The van der Waals surface area contributed by atoms with Crippen LogP contribution < -0.4 is 53.4 Å². The molecule has 123 heavy (non-hydrogen) atoms. The van der Waals surface area contributed by atoms with Gasteiger partial charge >= 0.3 is 11.7 Å². The zero-order valence-electron chi connectivity index (χ0n) is 73.2. The number of hydrogen-bond donors (Lipinski definition) is 9. The van der Waals surface area contributed by atoms with E-state index < -0.39 is 11.4 Å². The van der Waals surface area contributed by atoms with E-state index >= 15 is 0 Å². The summed E-state index contributed by atoms with van der Waals surface area (Å²) in [6.45, 7) is 16.4. The number of nitrogen functional groups attached to an aromatic ring is 1. The molecule has 0 spiro atoms. The lowest BCUT2D eigenvalue weighted by Gasteiger charge is -2.34. The summed E-state index contributed by atoms with van der Waals surface area (Å²) in [5, 5.41) is 19.7. The van der Waals surface area contributed by atoms with Gasteiger partial charge in [0.15, 0.2) is 11.5 Å². The van der Waals surface area contributed by atoms with E-state index in [0.29, 0.717) is 162 Å². The molecule has 41 nitrogen and oxygen atoms in total. The maximum absolute atomic E-state index is 13.8. The molecule has 3 aromatic rings. The monoisotopic (exact) mass is 1760 g/mol. The molecule has 1 fully saturated rings. The summed E-state index contributed by atoms with van der Waals surface area (Å²) in [5.74, 6) is -1.50. The van der Waals surface area contributed by atoms with E-state index in [-0.39, 0.29) is 237 Å². The molecule has 0 aliphatic carbocycles. The Hall–Kier alpha value is -7.34. The summed E-state index contributed by atoms with van der Waals surface area (Å²) in [6.07, 6.45) is 5.05. The number of nitrogens with zero attached hydrogens (tertiary/aromatic N) is 4. The molecule has 1 aliphatic rings. The average Bonchev–Trinajstić information content (AvgIpc) is 1.63. The number of aromatic nitrogens is 4. The molecule has 1 aliphatic heterocycles. The van der Waals surface area contributed by atoms with Crippen molar-refractivity contribution in [1.29, 1.82) is 0 Å². The highest BCUT2D eigenvalue weighted by Crippen LogP contribution is 2.23. The summed E-state index contributed by atoms with van der Waals surface area (Å²) in [7, 11) is 4.81. The molecule has 0 saturated carbocycles. The second kappa shape index (κ2) is 73.8. The van der Waals surface area contributed by atoms with E-state index in [1.165, 1.54) is 10.1 Å². The third kappa shape index (κ3) is 57.1. The van der Waals surface area contributed by atoms with Crippen molar-refractivity contribution < 1.29 is 128 Å². The summed E-state index contributed by atoms with van der Waals surface area (Å²) >= 11 is 0. The van der Waals surface area contributed by atoms with E-state index in [1.807, 2.05) is 12.1 Å². The molecule has 0 unspecified atom stereocenters. The second-order valence-electron chi connectivity index (χ2n) is 28.4. The van der Waals surface area contributed by atoms with Crippen LogP contribution >= 0.6 is 0 Å². The van der Waals surface area contributed by atoms with Gasteiger partial charge in [0.25, 0.3) is 0 Å². The van der Waals surface area contributed by atoms with Gasteiger partial charge in [-0.05, 0) is 62.2 Å². The van der Waals surface area contributed by atoms with Crippen LogP contribution in [0.25, 0.3) is 11.2 Å². The predicted octanol–water partition coefficient (Wildman–Crippen LogP) is 0.0188. The number of benzene rings is 1. The van der Waals surface area contributed by atoms with Crippen LogP contribution in [-0.4, -0.2) is 383 Å². The molecule has 10 N–H and O–H groups in total. The summed E-state index contributed by atoms with van der Waals surface area (Å²) in [5.41, 5.74) is 7.33. The number of imidazole rings is 1. The minimum Gasteiger partial charge on any atom is -0.463 e. The third-order valence-corrected chi connectivity index (χ3v) is 18.3. The molecular formula is C82H143N13O28. The number of nitrogens with one attached hydrogen (secondary N) is 8. The number of carbonyl (C=O) groups excluding carboxylic acids is 7. The molecular weight excluding hydrogens is 1610 g/mol. The van der Waals surface area contributed by atoms with Crippen molar-refractivity contribution in [3.63, 3.8) is 0 Å². The van der Waals surface area contributed by atoms with Gasteiger partial charge in [-0.25, -0.2) is 4.79 Å². The van der Waals surface area contributed by atoms with Crippen molar-refractivity contribution >= 4 is 58.3 Å². The number of methoxy groups -OCH3 is 3. The fraction of sp³-hybridized carbons (Fsp3) is 0.780. The lowest BCUT2D eigenvalue weighted by Crippen LogP contribution is -2.59. The van der Waals surface area contributed by atoms with Gasteiger partial charge in [0, 0.05) is 99.1 Å². The lowest BCUT2D eigenvalue weighted by molar-refractivity contribution is -0.131. The molecule has 0 bridgehead atoms. The normalized spacial score (nSPS) is 12.6. The molecule has 41 heteroatoms. The number of piperidine rings is 1. The highest BCUT2D eigenvalue weighted by Gasteiger charge is 2.34. The molecule has 0 atom stereocenters. The first-order valence-corrected chi connectivity index (χ1v) is 43.0. The lowest BCUT2D eigenvalue weighted by atomic mass is 9.93. The fourth-order valence-corrected chi connectivity index (χ4v) is 11.6. The first-order valence-electron chi connectivity index (χ1n) is 43.0. The van der Waals surface area contributed by atoms with Crippen molar-refractivity contribution in [2.75, 3.05) is 317 Å². The Labute approximate surface area is 723 Å². The summed E-state index contributed by atoms with van der Waals surface area (Å²) in [6, 6.07) is 8.35. The SMILES string of the molecule is CCCCOc1nc(N)c2[nH]c(=O)n(Cc3ccc(CN4CCC(CCNC(=O)CNC(=O)CCCC(=O)NCCOCCOCCOCCOCCC(=O)NC(COCCC(=O)NCCOCCOCCOCCOC)(COCCC(=O)NCCOCCOCCOCCOC)COCCC(=O)NCCOCCOCCOCCOC)CC4)cc3)c2n1. The van der Waals surface area contributed by atoms with E-state index in [0.717, 1.165) is 57.3 Å². The Kier molecular flexibility index (Phi) is 64.8. The van der Waals surface area contributed by atoms with Gasteiger partial charge in [-0.2, -0.15) is 9.97 Å². The number of nitrogens with two attached hydrogens (primary N) is 1. The van der Waals surface area contributed by atoms with E-state index in [9.17, 15) is 38.4 Å². The van der Waals surface area contributed by atoms with Crippen LogP contribution in [0.5, 0.6) is 6.01 Å². The molecule has 2 aromatic heterocycles. The van der Waals surface area contributed by atoms with E-state index in [4.69, 9.17) is 100 Å². The van der Waals surface area contributed by atoms with E-state index in [2.05, 4.69) is 76.1 Å². The number of anilines is 1. The number of H-pyrrole nitrogens is 1. The Morgan fingerprint density at radius 3 is 1.16 bits per heavy atom. The van der Waals surface area contributed by atoms with Gasteiger partial charge in [-0.15, -0.1) is 0 Å². The van der Waals surface area contributed by atoms with Crippen molar-refractivity contribution in [1.82, 2.24) is 61.6 Å². The molecule has 3 heterocycles. The van der Waals surface area contributed by atoms with Crippen LogP contribution in [0.2, 0.25) is 0 Å². The predicted molar refractivity (Wildman–Crippen MR) is 451 cm³/mol. The van der Waals surface area contributed by atoms with Gasteiger partial charge in [-0.1, -0.05) is 37.6 Å². The summed E-state index contributed by atoms with van der Waals surface area (Å²) in [4.78, 5) is 117. The van der Waals surface area contributed by atoms with E-state index in [1.54, 1.807) is 21.3 Å². The van der Waals surface area contributed by atoms with Gasteiger partial charge in [0.05, 0.1) is 251 Å². The first kappa shape index (κ1) is 108. The number of ether oxygens (including phenoxy) is 20. The number of rotatable bonds is 84. The number of likely N-dealkylation sites (tertiary alicyclic amines) is 1. The average molecular weight is 1760 g/mol. The Morgan fingerprint density at radius 1 is 0.407 bits per heavy atom. The zero-order chi connectivity index (χ0) is 88.4. The number of hydrogen-bond acceptors (Lipinski definition) is 32. The minimum atomic E-state index is -1.37. The van der Waals surface area contributed by atoms with Gasteiger partial charge in [-0.3, -0.25) is 43.0 Å². The first-order chi connectivity index (χ1) is 60.2. The molecule has 704 valence electrons. The minimum absolute atomic E-state index is 0.0188. The second-order valence-corrected chi connectivity index (χ2v) is 28.4.